The summed E-state index contributed by atoms with van der Waals surface area (Å²) in [5.41, 5.74) is 0.617. The second-order valence-corrected chi connectivity index (χ2v) is 6.40. The van der Waals surface area contributed by atoms with Gasteiger partial charge in [0.2, 0.25) is 5.91 Å². The number of hydrogen-bond acceptors (Lipinski definition) is 4. The van der Waals surface area contributed by atoms with Crippen LogP contribution in [-0.4, -0.2) is 16.7 Å². The third kappa shape index (κ3) is 4.25. The highest BCUT2D eigenvalue weighted by atomic mass is 79.9. The molecule has 1 heterocycles. The Hall–Kier alpha value is -1.53. The van der Waals surface area contributed by atoms with E-state index in [1.807, 2.05) is 19.1 Å². The lowest BCUT2D eigenvalue weighted by Gasteiger charge is -2.02. The van der Waals surface area contributed by atoms with Crippen LogP contribution in [-0.2, 0) is 4.79 Å². The summed E-state index contributed by atoms with van der Waals surface area (Å²) in [6, 6.07) is 7.11. The minimum Gasteiger partial charge on any atom is -0.302 e. The van der Waals surface area contributed by atoms with Crippen molar-refractivity contribution in [3.63, 3.8) is 0 Å². The summed E-state index contributed by atoms with van der Waals surface area (Å²) < 4.78 is 0.922. The summed E-state index contributed by atoms with van der Waals surface area (Å²) in [5.74, 6) is -0.229. The van der Waals surface area contributed by atoms with Crippen molar-refractivity contribution in [1.29, 1.82) is 0 Å². The minimum atomic E-state index is -0.190. The first-order valence-electron chi connectivity index (χ1n) is 6.05. The Morgan fingerprint density at radius 3 is 2.55 bits per heavy atom. The van der Waals surface area contributed by atoms with Gasteiger partial charge >= 0.3 is 0 Å². The van der Waals surface area contributed by atoms with Crippen molar-refractivity contribution in [2.45, 2.75) is 19.8 Å². The van der Waals surface area contributed by atoms with Crippen molar-refractivity contribution >= 4 is 44.1 Å². The number of anilines is 1. The van der Waals surface area contributed by atoms with E-state index >= 15 is 0 Å². The van der Waals surface area contributed by atoms with Gasteiger partial charge in [0.1, 0.15) is 0 Å². The Kier molecular flexibility index (Phi) is 5.03. The molecule has 1 aromatic carbocycles. The smallest absolute Gasteiger partial charge is 0.226 e. The lowest BCUT2D eigenvalue weighted by Crippen LogP contribution is -2.13. The Labute approximate surface area is 129 Å². The highest BCUT2D eigenvalue weighted by Gasteiger charge is 2.10. The summed E-state index contributed by atoms with van der Waals surface area (Å²) >= 11 is 4.73. The third-order valence-electron chi connectivity index (χ3n) is 2.61. The first kappa shape index (κ1) is 14.9. The predicted molar refractivity (Wildman–Crippen MR) is 83.2 cm³/mol. The van der Waals surface area contributed by atoms with Crippen LogP contribution in [0.5, 0.6) is 0 Å². The number of aryl methyl sites for hydroxylation is 1. The number of carbonyl (C=O) groups is 2. The summed E-state index contributed by atoms with van der Waals surface area (Å²) in [6.45, 7) is 1.92. The van der Waals surface area contributed by atoms with Gasteiger partial charge in [-0.2, -0.15) is 0 Å². The molecule has 2 aromatic rings. The molecule has 4 nitrogen and oxygen atoms in total. The first-order valence-corrected chi connectivity index (χ1v) is 7.66. The van der Waals surface area contributed by atoms with E-state index in [1.165, 1.54) is 11.3 Å². The maximum Gasteiger partial charge on any atom is 0.226 e. The molecule has 1 aromatic heterocycles. The van der Waals surface area contributed by atoms with Crippen LogP contribution in [0, 0.1) is 6.92 Å². The van der Waals surface area contributed by atoms with Crippen LogP contribution >= 0.6 is 27.3 Å². The van der Waals surface area contributed by atoms with E-state index in [4.69, 9.17) is 0 Å². The van der Waals surface area contributed by atoms with E-state index in [-0.39, 0.29) is 24.5 Å². The van der Waals surface area contributed by atoms with Gasteiger partial charge in [-0.15, -0.1) is 11.3 Å². The number of nitrogens with one attached hydrogen (secondary N) is 1. The van der Waals surface area contributed by atoms with Crippen molar-refractivity contribution < 1.29 is 9.59 Å². The summed E-state index contributed by atoms with van der Waals surface area (Å²) in [6.07, 6.45) is 2.05. The monoisotopic (exact) mass is 352 g/mol. The van der Waals surface area contributed by atoms with Gasteiger partial charge < -0.3 is 5.32 Å². The third-order valence-corrected chi connectivity index (χ3v) is 3.97. The van der Waals surface area contributed by atoms with Crippen molar-refractivity contribution in [3.05, 3.63) is 45.4 Å². The highest BCUT2D eigenvalue weighted by Crippen LogP contribution is 2.17. The second-order valence-electron chi connectivity index (χ2n) is 4.25. The molecule has 1 amide bonds. The number of carbonyl (C=O) groups excluding carboxylic acids is 2. The number of halogens is 1. The number of Topliss-reactive ketones (excluding diaryl/α,β-unsaturated/α-hetero) is 1. The van der Waals surface area contributed by atoms with Crippen LogP contribution in [0.25, 0.3) is 0 Å². The number of ketones is 1. The topological polar surface area (TPSA) is 59.1 Å². The van der Waals surface area contributed by atoms with Crippen LogP contribution in [0.15, 0.2) is 34.9 Å². The van der Waals surface area contributed by atoms with Gasteiger partial charge in [-0.05, 0) is 19.1 Å². The molecule has 0 radical (unpaired) electrons. The molecule has 104 valence electrons. The zero-order chi connectivity index (χ0) is 14.5. The molecular weight excluding hydrogens is 340 g/mol. The van der Waals surface area contributed by atoms with Crippen LogP contribution in [0.4, 0.5) is 5.13 Å². The van der Waals surface area contributed by atoms with Crippen molar-refractivity contribution in [2.24, 2.45) is 0 Å². The zero-order valence-electron chi connectivity index (χ0n) is 10.9. The minimum absolute atomic E-state index is 0.0389. The van der Waals surface area contributed by atoms with Crippen LogP contribution < -0.4 is 5.32 Å². The number of thiazole rings is 1. The number of amides is 1. The van der Waals surface area contributed by atoms with E-state index in [1.54, 1.807) is 18.3 Å². The molecule has 0 atom stereocenters. The van der Waals surface area contributed by atoms with Gasteiger partial charge in [-0.3, -0.25) is 9.59 Å². The number of benzene rings is 1. The molecule has 1 N–H and O–H groups in total. The standard InChI is InChI=1S/C14H13BrN2O2S/c1-9-8-16-14(20-9)17-13(19)7-6-12(18)10-2-4-11(15)5-3-10/h2-5,8H,6-7H2,1H3,(H,16,17,19). The average Bonchev–Trinajstić information content (AvgIpc) is 2.82. The maximum absolute atomic E-state index is 11.9. The molecule has 2 rings (SSSR count). The van der Waals surface area contributed by atoms with Gasteiger partial charge in [0, 0.05) is 34.0 Å². The lowest BCUT2D eigenvalue weighted by molar-refractivity contribution is -0.116. The van der Waals surface area contributed by atoms with E-state index in [2.05, 4.69) is 26.2 Å². The number of aromatic nitrogens is 1. The zero-order valence-corrected chi connectivity index (χ0v) is 13.3. The van der Waals surface area contributed by atoms with Gasteiger partial charge in [0.15, 0.2) is 10.9 Å². The molecule has 0 aliphatic carbocycles. The van der Waals surface area contributed by atoms with Crippen LogP contribution in [0.1, 0.15) is 28.1 Å². The van der Waals surface area contributed by atoms with Crippen LogP contribution in [0.3, 0.4) is 0 Å². The number of hydrogen-bond donors (Lipinski definition) is 1. The molecule has 0 unspecified atom stereocenters. The normalized spacial score (nSPS) is 10.3. The molecule has 6 heteroatoms. The lowest BCUT2D eigenvalue weighted by atomic mass is 10.1. The van der Waals surface area contributed by atoms with E-state index in [9.17, 15) is 9.59 Å². The van der Waals surface area contributed by atoms with Crippen molar-refractivity contribution in [1.82, 2.24) is 4.98 Å². The largest absolute Gasteiger partial charge is 0.302 e. The van der Waals surface area contributed by atoms with E-state index < -0.39 is 0 Å². The molecule has 0 spiro atoms. The predicted octanol–water partition coefficient (Wildman–Crippen LogP) is 3.82. The maximum atomic E-state index is 11.9. The summed E-state index contributed by atoms with van der Waals surface area (Å²) in [4.78, 5) is 28.7. The Morgan fingerprint density at radius 1 is 1.25 bits per heavy atom. The fourth-order valence-corrected chi connectivity index (χ4v) is 2.55. The van der Waals surface area contributed by atoms with Crippen molar-refractivity contribution in [2.75, 3.05) is 5.32 Å². The van der Waals surface area contributed by atoms with Crippen LogP contribution in [0.2, 0.25) is 0 Å². The van der Waals surface area contributed by atoms with Gasteiger partial charge in [-0.25, -0.2) is 4.98 Å². The fourth-order valence-electron chi connectivity index (χ4n) is 1.60. The highest BCUT2D eigenvalue weighted by molar-refractivity contribution is 9.10. The van der Waals surface area contributed by atoms with E-state index in [0.717, 1.165) is 9.35 Å². The molecule has 0 aliphatic heterocycles. The van der Waals surface area contributed by atoms with Gasteiger partial charge in [0.05, 0.1) is 0 Å². The molecule has 0 fully saturated rings. The van der Waals surface area contributed by atoms with Gasteiger partial charge in [0.25, 0.3) is 0 Å². The quantitative estimate of drug-likeness (QED) is 0.832. The molecule has 0 bridgehead atoms. The number of rotatable bonds is 5. The average molecular weight is 353 g/mol. The summed E-state index contributed by atoms with van der Waals surface area (Å²) in [7, 11) is 0. The number of nitrogens with zero attached hydrogens (tertiary/aromatic N) is 1. The molecular formula is C14H13BrN2O2S. The second kappa shape index (κ2) is 6.76. The Balaban J connectivity index is 1.84. The van der Waals surface area contributed by atoms with Crippen molar-refractivity contribution in [3.8, 4) is 0 Å². The SMILES string of the molecule is Cc1cnc(NC(=O)CCC(=O)c2ccc(Br)cc2)s1. The summed E-state index contributed by atoms with van der Waals surface area (Å²) in [5, 5.41) is 3.26. The Morgan fingerprint density at radius 2 is 1.95 bits per heavy atom. The van der Waals surface area contributed by atoms with E-state index in [0.29, 0.717) is 10.7 Å². The first-order chi connectivity index (χ1) is 9.54. The molecule has 0 saturated heterocycles. The molecule has 0 saturated carbocycles. The Bertz CT molecular complexity index is 622. The molecule has 20 heavy (non-hydrogen) atoms. The molecule has 0 aliphatic rings. The fraction of sp³-hybridized carbons (Fsp3) is 0.214. The van der Waals surface area contributed by atoms with Gasteiger partial charge in [-0.1, -0.05) is 28.1 Å².